The third kappa shape index (κ3) is 2.18. The van der Waals surface area contributed by atoms with Crippen molar-refractivity contribution in [3.63, 3.8) is 0 Å². The molecule has 0 amide bonds. The summed E-state index contributed by atoms with van der Waals surface area (Å²) in [5.41, 5.74) is 7.05. The molecule has 0 saturated heterocycles. The number of nitrogens with two attached hydrogens (primary N) is 1. The minimum Gasteiger partial charge on any atom is -0.495 e. The molecule has 1 aromatic rings. The predicted molar refractivity (Wildman–Crippen MR) is 56.8 cm³/mol. The molecule has 0 aliphatic rings. The molecule has 0 aliphatic carbocycles. The van der Waals surface area contributed by atoms with Gasteiger partial charge in [-0.3, -0.25) is 0 Å². The van der Waals surface area contributed by atoms with Crippen LogP contribution in [0.1, 0.15) is 17.2 Å². The van der Waals surface area contributed by atoms with Gasteiger partial charge in [-0.15, -0.1) is 0 Å². The molecule has 4 heteroatoms. The molecule has 78 valence electrons. The number of benzene rings is 1. The van der Waals surface area contributed by atoms with Crippen LogP contribution in [-0.2, 0) is 0 Å². The molecule has 3 N–H and O–H groups in total. The van der Waals surface area contributed by atoms with Crippen molar-refractivity contribution in [1.82, 2.24) is 0 Å². The normalized spacial score (nSPS) is 12.6. The van der Waals surface area contributed by atoms with E-state index in [2.05, 4.69) is 0 Å². The number of halogens is 1. The van der Waals surface area contributed by atoms with E-state index in [0.717, 1.165) is 11.1 Å². The van der Waals surface area contributed by atoms with Gasteiger partial charge in [-0.05, 0) is 30.2 Å². The summed E-state index contributed by atoms with van der Waals surface area (Å²) in [6, 6.07) is 3.48. The lowest BCUT2D eigenvalue weighted by Crippen LogP contribution is -2.12. The third-order valence-electron chi connectivity index (χ3n) is 2.12. The summed E-state index contributed by atoms with van der Waals surface area (Å²) in [5.74, 6) is 0.555. The lowest BCUT2D eigenvalue weighted by molar-refractivity contribution is 0.185. The van der Waals surface area contributed by atoms with Gasteiger partial charge in [0.15, 0.2) is 0 Å². The Morgan fingerprint density at radius 2 is 2.21 bits per heavy atom. The third-order valence-corrected chi connectivity index (χ3v) is 2.42. The highest BCUT2D eigenvalue weighted by Gasteiger charge is 2.12. The van der Waals surface area contributed by atoms with Crippen LogP contribution in [0.15, 0.2) is 12.1 Å². The zero-order chi connectivity index (χ0) is 10.7. The Kier molecular flexibility index (Phi) is 3.75. The average Bonchev–Trinajstić information content (AvgIpc) is 2.17. The molecule has 1 aromatic carbocycles. The van der Waals surface area contributed by atoms with Gasteiger partial charge in [-0.2, -0.15) is 0 Å². The maximum Gasteiger partial charge on any atom is 0.137 e. The van der Waals surface area contributed by atoms with Crippen molar-refractivity contribution in [3.8, 4) is 5.75 Å². The quantitative estimate of drug-likeness (QED) is 0.806. The van der Waals surface area contributed by atoms with E-state index >= 15 is 0 Å². The van der Waals surface area contributed by atoms with Crippen LogP contribution in [0.5, 0.6) is 5.75 Å². The Morgan fingerprint density at radius 3 is 2.71 bits per heavy atom. The summed E-state index contributed by atoms with van der Waals surface area (Å²) >= 11 is 5.91. The van der Waals surface area contributed by atoms with Crippen molar-refractivity contribution in [2.75, 3.05) is 13.7 Å². The Morgan fingerprint density at radius 1 is 1.57 bits per heavy atom. The first-order valence-corrected chi connectivity index (χ1v) is 4.70. The Balaban J connectivity index is 3.17. The Bertz CT molecular complexity index is 328. The fourth-order valence-corrected chi connectivity index (χ4v) is 1.61. The number of aliphatic hydroxyl groups excluding tert-OH is 1. The molecular weight excluding hydrogens is 202 g/mol. The van der Waals surface area contributed by atoms with E-state index in [1.165, 1.54) is 7.11 Å². The van der Waals surface area contributed by atoms with Gasteiger partial charge in [0.2, 0.25) is 0 Å². The molecule has 3 nitrogen and oxygen atoms in total. The van der Waals surface area contributed by atoms with E-state index in [4.69, 9.17) is 22.1 Å². The van der Waals surface area contributed by atoms with Crippen molar-refractivity contribution < 1.29 is 9.84 Å². The van der Waals surface area contributed by atoms with E-state index in [1.54, 1.807) is 12.1 Å². The number of aryl methyl sites for hydroxylation is 1. The second kappa shape index (κ2) is 4.64. The zero-order valence-corrected chi connectivity index (χ0v) is 9.01. The van der Waals surface area contributed by atoms with Crippen molar-refractivity contribution in [1.29, 1.82) is 0 Å². The zero-order valence-electron chi connectivity index (χ0n) is 8.25. The van der Waals surface area contributed by atoms with Gasteiger partial charge in [-0.1, -0.05) is 11.6 Å². The molecular formula is C10H14ClNO2. The lowest BCUT2D eigenvalue weighted by Gasteiger charge is -2.14. The van der Waals surface area contributed by atoms with Gasteiger partial charge in [0.05, 0.1) is 18.2 Å². The largest absolute Gasteiger partial charge is 0.495 e. The minimum absolute atomic E-state index is 0.186. The minimum atomic E-state index is -0.666. The average molecular weight is 216 g/mol. The lowest BCUT2D eigenvalue weighted by atomic mass is 10.0. The van der Waals surface area contributed by atoms with Crippen LogP contribution in [0.2, 0.25) is 5.02 Å². The fourth-order valence-electron chi connectivity index (χ4n) is 1.31. The van der Waals surface area contributed by atoms with Gasteiger partial charge in [0.1, 0.15) is 5.75 Å². The topological polar surface area (TPSA) is 55.5 Å². The van der Waals surface area contributed by atoms with E-state index in [-0.39, 0.29) is 6.54 Å². The molecule has 0 aliphatic heterocycles. The molecule has 1 rings (SSSR count). The van der Waals surface area contributed by atoms with Crippen LogP contribution in [0.4, 0.5) is 0 Å². The summed E-state index contributed by atoms with van der Waals surface area (Å²) < 4.78 is 5.05. The second-order valence-electron chi connectivity index (χ2n) is 3.09. The van der Waals surface area contributed by atoms with Crippen molar-refractivity contribution in [2.45, 2.75) is 13.0 Å². The summed E-state index contributed by atoms with van der Waals surface area (Å²) in [5, 5.41) is 10.1. The molecule has 0 aromatic heterocycles. The maximum atomic E-state index is 9.60. The standard InChI is InChI=1S/C10H14ClNO2/c1-6-3-8(11)10(14-2)4-7(6)9(13)5-12/h3-4,9,13H,5,12H2,1-2H3. The van der Waals surface area contributed by atoms with Gasteiger partial charge in [-0.25, -0.2) is 0 Å². The highest BCUT2D eigenvalue weighted by atomic mass is 35.5. The van der Waals surface area contributed by atoms with E-state index in [1.807, 2.05) is 6.92 Å². The maximum absolute atomic E-state index is 9.60. The highest BCUT2D eigenvalue weighted by Crippen LogP contribution is 2.30. The SMILES string of the molecule is COc1cc(C(O)CN)c(C)cc1Cl. The number of hydrogen-bond donors (Lipinski definition) is 2. The predicted octanol–water partition coefficient (Wildman–Crippen LogP) is 1.65. The van der Waals surface area contributed by atoms with Crippen LogP contribution in [0.25, 0.3) is 0 Å². The molecule has 0 fully saturated rings. The van der Waals surface area contributed by atoms with E-state index < -0.39 is 6.10 Å². The van der Waals surface area contributed by atoms with Gasteiger partial charge in [0, 0.05) is 6.54 Å². The van der Waals surface area contributed by atoms with Gasteiger partial charge >= 0.3 is 0 Å². The summed E-state index contributed by atoms with van der Waals surface area (Å²) in [6.07, 6.45) is -0.666. The van der Waals surface area contributed by atoms with Crippen LogP contribution in [0.3, 0.4) is 0 Å². The monoisotopic (exact) mass is 215 g/mol. The fraction of sp³-hybridized carbons (Fsp3) is 0.400. The van der Waals surface area contributed by atoms with Gasteiger partial charge in [0.25, 0.3) is 0 Å². The molecule has 0 radical (unpaired) electrons. The number of methoxy groups -OCH3 is 1. The molecule has 1 atom stereocenters. The van der Waals surface area contributed by atoms with E-state index in [9.17, 15) is 5.11 Å². The van der Waals surface area contributed by atoms with Crippen molar-refractivity contribution in [2.24, 2.45) is 5.73 Å². The number of rotatable bonds is 3. The summed E-state index contributed by atoms with van der Waals surface area (Å²) in [6.45, 7) is 2.06. The molecule has 14 heavy (non-hydrogen) atoms. The van der Waals surface area contributed by atoms with Crippen LogP contribution < -0.4 is 10.5 Å². The van der Waals surface area contributed by atoms with Crippen LogP contribution in [-0.4, -0.2) is 18.8 Å². The Hall–Kier alpha value is -0.770. The second-order valence-corrected chi connectivity index (χ2v) is 3.50. The highest BCUT2D eigenvalue weighted by molar-refractivity contribution is 6.32. The van der Waals surface area contributed by atoms with Crippen molar-refractivity contribution in [3.05, 3.63) is 28.3 Å². The first kappa shape index (κ1) is 11.3. The smallest absolute Gasteiger partial charge is 0.137 e. The van der Waals surface area contributed by atoms with Crippen molar-refractivity contribution >= 4 is 11.6 Å². The summed E-state index contributed by atoms with van der Waals surface area (Å²) in [4.78, 5) is 0. The molecule has 0 bridgehead atoms. The van der Waals surface area contributed by atoms with Gasteiger partial charge < -0.3 is 15.6 Å². The first-order chi connectivity index (χ1) is 6.60. The summed E-state index contributed by atoms with van der Waals surface area (Å²) in [7, 11) is 1.54. The number of aliphatic hydroxyl groups is 1. The number of ether oxygens (including phenoxy) is 1. The van der Waals surface area contributed by atoms with E-state index in [0.29, 0.717) is 10.8 Å². The molecule has 0 heterocycles. The Labute approximate surface area is 88.4 Å². The molecule has 1 unspecified atom stereocenters. The number of hydrogen-bond acceptors (Lipinski definition) is 3. The first-order valence-electron chi connectivity index (χ1n) is 4.32. The van der Waals surface area contributed by atoms with Crippen LogP contribution in [0, 0.1) is 6.92 Å². The van der Waals surface area contributed by atoms with Crippen LogP contribution >= 0.6 is 11.6 Å². The molecule has 0 saturated carbocycles. The molecule has 0 spiro atoms.